The molecule has 0 spiro atoms. The van der Waals surface area contributed by atoms with E-state index in [0.29, 0.717) is 0 Å². The topological polar surface area (TPSA) is 114 Å². The lowest BCUT2D eigenvalue weighted by Gasteiger charge is -2.32. The lowest BCUT2D eigenvalue weighted by atomic mass is 10.1. The van der Waals surface area contributed by atoms with Crippen molar-refractivity contribution in [3.63, 3.8) is 0 Å². The van der Waals surface area contributed by atoms with Crippen molar-refractivity contribution in [3.8, 4) is 17.2 Å². The Balaban J connectivity index is 1.49. The molecule has 0 atom stereocenters. The number of hydrogen-bond donors (Lipinski definition) is 2. The predicted octanol–water partition coefficient (Wildman–Crippen LogP) is 3.30. The van der Waals surface area contributed by atoms with Crippen molar-refractivity contribution >= 4 is 15.9 Å². The molecule has 2 aliphatic heterocycles. The monoisotopic (exact) mass is 500 g/mol. The molecule has 0 unspecified atom stereocenters. The molecule has 9 nitrogen and oxygen atoms in total. The number of alkyl halides is 3. The normalized spacial score (nSPS) is 16.8. The van der Waals surface area contributed by atoms with Gasteiger partial charge in [-0.15, -0.1) is 0 Å². The van der Waals surface area contributed by atoms with E-state index in [1.54, 1.807) is 0 Å². The number of hydrogen-bond acceptors (Lipinski definition) is 7. The number of ether oxygens (including phenoxy) is 3. The minimum absolute atomic E-state index is 0.0438. The predicted molar refractivity (Wildman–Crippen MR) is 110 cm³/mol. The van der Waals surface area contributed by atoms with Crippen LogP contribution in [0.5, 0.6) is 17.2 Å². The van der Waals surface area contributed by atoms with E-state index in [1.165, 1.54) is 36.0 Å². The highest BCUT2D eigenvalue weighted by atomic mass is 32.2. The van der Waals surface area contributed by atoms with Gasteiger partial charge in [0.1, 0.15) is 29.9 Å². The molecule has 2 heterocycles. The van der Waals surface area contributed by atoms with Crippen LogP contribution in [0.4, 0.5) is 13.2 Å². The molecule has 1 fully saturated rings. The molecule has 0 aromatic heterocycles. The third-order valence-corrected chi connectivity index (χ3v) is 7.29. The molecule has 0 bridgehead atoms. The molecule has 0 radical (unpaired) electrons. The molecule has 2 aromatic carbocycles. The van der Waals surface area contributed by atoms with E-state index in [9.17, 15) is 26.4 Å². The second-order valence-corrected chi connectivity index (χ2v) is 9.36. The van der Waals surface area contributed by atoms with Crippen molar-refractivity contribution in [2.45, 2.75) is 30.0 Å². The van der Waals surface area contributed by atoms with Crippen molar-refractivity contribution in [1.82, 2.24) is 9.79 Å². The third-order valence-electron chi connectivity index (χ3n) is 5.35. The van der Waals surface area contributed by atoms with Gasteiger partial charge in [-0.25, -0.2) is 13.9 Å². The first kappa shape index (κ1) is 23.9. The number of halogens is 3. The average Bonchev–Trinajstić information content (AvgIpc) is 2.83. The summed E-state index contributed by atoms with van der Waals surface area (Å²) in [6.45, 7) is 0.0876. The van der Waals surface area contributed by atoms with Crippen LogP contribution in [0, 0.1) is 0 Å². The third kappa shape index (κ3) is 4.67. The van der Waals surface area contributed by atoms with Gasteiger partial charge in [0.2, 0.25) is 10.0 Å². The first-order valence-corrected chi connectivity index (χ1v) is 11.5. The number of hydroxylamine groups is 1. The summed E-state index contributed by atoms with van der Waals surface area (Å²) in [5, 5.41) is 9.13. The Morgan fingerprint density at radius 2 is 1.71 bits per heavy atom. The van der Waals surface area contributed by atoms with Crippen molar-refractivity contribution in [2.24, 2.45) is 0 Å². The highest BCUT2D eigenvalue weighted by Crippen LogP contribution is 2.39. The van der Waals surface area contributed by atoms with Crippen molar-refractivity contribution < 1.29 is 45.8 Å². The molecule has 1 amide bonds. The Labute approximate surface area is 192 Å². The van der Waals surface area contributed by atoms with Gasteiger partial charge in [-0.1, -0.05) is 0 Å². The second-order valence-electron chi connectivity index (χ2n) is 7.46. The van der Waals surface area contributed by atoms with Gasteiger partial charge in [0.05, 0.1) is 10.5 Å². The maximum atomic E-state index is 13.3. The number of benzene rings is 2. The first-order chi connectivity index (χ1) is 16.1. The van der Waals surface area contributed by atoms with Gasteiger partial charge in [0.15, 0.2) is 11.5 Å². The summed E-state index contributed by atoms with van der Waals surface area (Å²) in [4.78, 5) is 11.9. The van der Waals surface area contributed by atoms with Crippen LogP contribution in [0.2, 0.25) is 0 Å². The van der Waals surface area contributed by atoms with E-state index in [0.717, 1.165) is 22.7 Å². The number of nitrogens with zero attached hydrogens (tertiary/aromatic N) is 1. The number of fused-ring (bicyclic) bond motifs is 1. The van der Waals surface area contributed by atoms with Crippen molar-refractivity contribution in [2.75, 3.05) is 13.1 Å². The maximum Gasteiger partial charge on any atom is 0.416 e. The van der Waals surface area contributed by atoms with Crippen LogP contribution in [0.1, 0.15) is 28.8 Å². The van der Waals surface area contributed by atoms with Crippen LogP contribution in [-0.4, -0.2) is 43.0 Å². The maximum absolute atomic E-state index is 13.3. The minimum atomic E-state index is -4.45. The standard InChI is InChI=1S/C21H19F3N2O7S/c22-21(23,24)13-1-3-14(4-2-13)33-15-7-9-26(10-8-15)34(29,30)17-6-5-16-19(32-12-11-31-16)18(17)20(27)25-28/h1-6,11-12,15,28H,7-10H2,(H,25,27). The number of rotatable bonds is 5. The van der Waals surface area contributed by atoms with Crippen molar-refractivity contribution in [3.05, 3.63) is 60.0 Å². The van der Waals surface area contributed by atoms with E-state index in [1.807, 2.05) is 0 Å². The van der Waals surface area contributed by atoms with Crippen LogP contribution >= 0.6 is 0 Å². The Morgan fingerprint density at radius 3 is 2.32 bits per heavy atom. The van der Waals surface area contributed by atoms with Gasteiger partial charge in [-0.3, -0.25) is 10.0 Å². The highest BCUT2D eigenvalue weighted by Gasteiger charge is 2.36. The molecule has 1 saturated heterocycles. The van der Waals surface area contributed by atoms with Gasteiger partial charge in [0.25, 0.3) is 5.91 Å². The quantitative estimate of drug-likeness (QED) is 0.478. The molecule has 34 heavy (non-hydrogen) atoms. The van der Waals surface area contributed by atoms with E-state index in [-0.39, 0.29) is 48.1 Å². The Hall–Kier alpha value is -3.29. The van der Waals surface area contributed by atoms with Crippen LogP contribution in [0.25, 0.3) is 0 Å². The van der Waals surface area contributed by atoms with Crippen molar-refractivity contribution in [1.29, 1.82) is 0 Å². The van der Waals surface area contributed by atoms with Gasteiger partial charge < -0.3 is 14.2 Å². The van der Waals surface area contributed by atoms with Crippen LogP contribution < -0.4 is 19.7 Å². The van der Waals surface area contributed by atoms with Gasteiger partial charge in [-0.05, 0) is 49.2 Å². The van der Waals surface area contributed by atoms with E-state index in [4.69, 9.17) is 19.4 Å². The molecular formula is C21H19F3N2O7S. The number of piperidine rings is 1. The summed E-state index contributed by atoms with van der Waals surface area (Å²) in [6, 6.07) is 6.79. The SMILES string of the molecule is O=C(NO)c1c(S(=O)(=O)N2CCC(Oc3ccc(C(F)(F)F)cc3)CC2)ccc2c1OC=CO2. The summed E-state index contributed by atoms with van der Waals surface area (Å²) in [5.74, 6) is -0.898. The second kappa shape index (κ2) is 9.16. The zero-order valence-electron chi connectivity index (χ0n) is 17.4. The zero-order chi connectivity index (χ0) is 24.5. The molecule has 4 rings (SSSR count). The van der Waals surface area contributed by atoms with E-state index >= 15 is 0 Å². The number of sulfonamides is 1. The van der Waals surface area contributed by atoms with E-state index < -0.39 is 39.3 Å². The molecule has 2 N–H and O–H groups in total. The molecular weight excluding hydrogens is 481 g/mol. The molecule has 0 aliphatic carbocycles. The fourth-order valence-corrected chi connectivity index (χ4v) is 5.34. The average molecular weight is 500 g/mol. The zero-order valence-corrected chi connectivity index (χ0v) is 18.2. The lowest BCUT2D eigenvalue weighted by molar-refractivity contribution is -0.137. The summed E-state index contributed by atoms with van der Waals surface area (Å²) < 4.78 is 82.1. The van der Waals surface area contributed by atoms with Crippen LogP contribution in [-0.2, 0) is 16.2 Å². The van der Waals surface area contributed by atoms with Gasteiger partial charge in [-0.2, -0.15) is 17.5 Å². The molecule has 0 saturated carbocycles. The Bertz CT molecular complexity index is 1210. The Morgan fingerprint density at radius 1 is 1.06 bits per heavy atom. The number of nitrogens with one attached hydrogen (secondary N) is 1. The first-order valence-electron chi connectivity index (χ1n) is 10.0. The van der Waals surface area contributed by atoms with Gasteiger partial charge >= 0.3 is 6.18 Å². The van der Waals surface area contributed by atoms with Gasteiger partial charge in [0, 0.05) is 13.1 Å². The lowest BCUT2D eigenvalue weighted by Crippen LogP contribution is -2.42. The summed E-state index contributed by atoms with van der Waals surface area (Å²) in [5.41, 5.74) is 0.220. The molecule has 13 heteroatoms. The fraction of sp³-hybridized carbons (Fsp3) is 0.286. The summed E-state index contributed by atoms with van der Waals surface area (Å²) >= 11 is 0. The smallest absolute Gasteiger partial charge is 0.416 e. The van der Waals surface area contributed by atoms with E-state index in [2.05, 4.69) is 0 Å². The summed E-state index contributed by atoms with van der Waals surface area (Å²) in [6.07, 6.45) is -1.98. The van der Waals surface area contributed by atoms with Crippen LogP contribution in [0.3, 0.4) is 0 Å². The largest absolute Gasteiger partial charge is 0.490 e. The number of carbonyl (C=O) groups excluding carboxylic acids is 1. The molecule has 2 aromatic rings. The molecule has 182 valence electrons. The van der Waals surface area contributed by atoms with Crippen LogP contribution in [0.15, 0.2) is 53.8 Å². The Kier molecular flexibility index (Phi) is 6.43. The highest BCUT2D eigenvalue weighted by molar-refractivity contribution is 7.89. The number of carbonyl (C=O) groups is 1. The number of amides is 1. The minimum Gasteiger partial charge on any atom is -0.490 e. The fourth-order valence-electron chi connectivity index (χ4n) is 3.68. The summed E-state index contributed by atoms with van der Waals surface area (Å²) in [7, 11) is -4.18. The molecule has 2 aliphatic rings.